The monoisotopic (exact) mass is 377 g/mol. The zero-order valence-corrected chi connectivity index (χ0v) is 15.7. The number of nitrogens with zero attached hydrogens (tertiary/aromatic N) is 5. The van der Waals surface area contributed by atoms with Crippen LogP contribution in [0.15, 0.2) is 47.5 Å². The molecule has 0 aliphatic carbocycles. The van der Waals surface area contributed by atoms with Gasteiger partial charge in [0, 0.05) is 37.6 Å². The molecule has 0 saturated carbocycles. The number of nitrogens with one attached hydrogen (secondary N) is 2. The molecule has 3 atom stereocenters. The van der Waals surface area contributed by atoms with E-state index in [-0.39, 0.29) is 5.56 Å². The van der Waals surface area contributed by atoms with Crippen molar-refractivity contribution in [1.29, 1.82) is 0 Å². The maximum atomic E-state index is 12.4. The summed E-state index contributed by atoms with van der Waals surface area (Å²) in [5.41, 5.74) is 1.54. The van der Waals surface area contributed by atoms with Crippen molar-refractivity contribution in [3.63, 3.8) is 0 Å². The molecule has 5 rings (SSSR count). The van der Waals surface area contributed by atoms with E-state index in [1.165, 1.54) is 12.8 Å². The predicted octanol–water partition coefficient (Wildman–Crippen LogP) is 1.74. The van der Waals surface area contributed by atoms with Gasteiger partial charge in [-0.2, -0.15) is 5.10 Å². The molecule has 2 aliphatic rings. The molecule has 8 nitrogen and oxygen atoms in total. The minimum absolute atomic E-state index is 0.214. The molecule has 8 heteroatoms. The Morgan fingerprint density at radius 1 is 1.11 bits per heavy atom. The molecule has 3 aromatic rings. The van der Waals surface area contributed by atoms with Crippen LogP contribution in [-0.4, -0.2) is 50.1 Å². The lowest BCUT2D eigenvalue weighted by molar-refractivity contribution is 0.353. The molecular weight excluding hydrogens is 354 g/mol. The van der Waals surface area contributed by atoms with Crippen molar-refractivity contribution >= 4 is 5.82 Å². The third-order valence-corrected chi connectivity index (χ3v) is 5.92. The van der Waals surface area contributed by atoms with Gasteiger partial charge in [-0.05, 0) is 56.0 Å². The van der Waals surface area contributed by atoms with Crippen LogP contribution in [-0.2, 0) is 0 Å². The molecule has 144 valence electrons. The number of fused-ring (bicyclic) bond motifs is 2. The van der Waals surface area contributed by atoms with Crippen LogP contribution in [0.2, 0.25) is 0 Å². The van der Waals surface area contributed by atoms with Gasteiger partial charge >= 0.3 is 0 Å². The van der Waals surface area contributed by atoms with Gasteiger partial charge in [-0.1, -0.05) is 0 Å². The van der Waals surface area contributed by atoms with E-state index in [1.807, 2.05) is 18.2 Å². The van der Waals surface area contributed by atoms with Crippen molar-refractivity contribution in [2.24, 2.45) is 0 Å². The highest BCUT2D eigenvalue weighted by Crippen LogP contribution is 2.31. The van der Waals surface area contributed by atoms with Crippen LogP contribution >= 0.6 is 0 Å². The first-order valence-corrected chi connectivity index (χ1v) is 9.74. The molecule has 2 fully saturated rings. The van der Waals surface area contributed by atoms with E-state index >= 15 is 0 Å². The zero-order chi connectivity index (χ0) is 19.1. The van der Waals surface area contributed by atoms with Gasteiger partial charge in [0.15, 0.2) is 5.82 Å². The predicted molar refractivity (Wildman–Crippen MR) is 107 cm³/mol. The topological polar surface area (TPSA) is 91.7 Å². The maximum Gasteiger partial charge on any atom is 0.274 e. The maximum absolute atomic E-state index is 12.4. The minimum Gasteiger partial charge on any atom is -0.355 e. The summed E-state index contributed by atoms with van der Waals surface area (Å²) in [6.07, 6.45) is 8.24. The average molecular weight is 377 g/mol. The normalized spacial score (nSPS) is 23.7. The molecule has 0 radical (unpaired) electrons. The third kappa shape index (κ3) is 3.09. The minimum atomic E-state index is -0.214. The number of hydrogen-bond acceptors (Lipinski definition) is 6. The molecular formula is C20H23N7O. The third-order valence-electron chi connectivity index (χ3n) is 5.92. The van der Waals surface area contributed by atoms with Crippen molar-refractivity contribution in [1.82, 2.24) is 30.3 Å². The highest BCUT2D eigenvalue weighted by atomic mass is 16.1. The van der Waals surface area contributed by atoms with Crippen LogP contribution in [0, 0.1) is 0 Å². The number of H-pyrrole nitrogens is 1. The Bertz CT molecular complexity index is 1000. The Morgan fingerprint density at radius 2 is 1.93 bits per heavy atom. The van der Waals surface area contributed by atoms with E-state index in [1.54, 1.807) is 29.2 Å². The number of anilines is 1. The molecule has 0 spiro atoms. The second kappa shape index (κ2) is 6.87. The summed E-state index contributed by atoms with van der Waals surface area (Å²) < 4.78 is 1.54. The molecule has 2 saturated heterocycles. The van der Waals surface area contributed by atoms with Crippen LogP contribution in [0.3, 0.4) is 0 Å². The van der Waals surface area contributed by atoms with Gasteiger partial charge in [-0.3, -0.25) is 4.79 Å². The van der Waals surface area contributed by atoms with E-state index in [9.17, 15) is 4.79 Å². The fourth-order valence-corrected chi connectivity index (χ4v) is 4.39. The number of pyridine rings is 1. The summed E-state index contributed by atoms with van der Waals surface area (Å²) in [5, 5.41) is 16.5. The summed E-state index contributed by atoms with van der Waals surface area (Å²) in [4.78, 5) is 17.5. The van der Waals surface area contributed by atoms with Gasteiger partial charge in [-0.15, -0.1) is 10.2 Å². The number of aromatic nitrogens is 5. The Kier molecular flexibility index (Phi) is 4.20. The zero-order valence-electron chi connectivity index (χ0n) is 15.7. The second-order valence-corrected chi connectivity index (χ2v) is 7.69. The molecule has 3 aromatic heterocycles. The molecule has 2 bridgehead atoms. The smallest absolute Gasteiger partial charge is 0.274 e. The van der Waals surface area contributed by atoms with Crippen LogP contribution < -0.4 is 15.8 Å². The molecule has 28 heavy (non-hydrogen) atoms. The van der Waals surface area contributed by atoms with E-state index < -0.39 is 0 Å². The van der Waals surface area contributed by atoms with Crippen molar-refractivity contribution in [3.05, 3.63) is 53.1 Å². The van der Waals surface area contributed by atoms with E-state index in [0.717, 1.165) is 18.7 Å². The van der Waals surface area contributed by atoms with E-state index in [2.05, 4.69) is 37.5 Å². The number of piperidine rings is 1. The van der Waals surface area contributed by atoms with Crippen molar-refractivity contribution in [2.75, 3.05) is 11.9 Å². The summed E-state index contributed by atoms with van der Waals surface area (Å²) >= 11 is 0. The fraction of sp³-hybridized carbons (Fsp3) is 0.400. The Hall–Kier alpha value is -3.00. The van der Waals surface area contributed by atoms with Crippen LogP contribution in [0.4, 0.5) is 5.82 Å². The number of rotatable bonds is 4. The Balaban J connectivity index is 1.35. The van der Waals surface area contributed by atoms with Gasteiger partial charge in [0.1, 0.15) is 11.4 Å². The number of hydrogen-bond donors (Lipinski definition) is 2. The Labute approximate surface area is 162 Å². The van der Waals surface area contributed by atoms with Crippen molar-refractivity contribution in [3.8, 4) is 17.1 Å². The lowest BCUT2D eigenvalue weighted by atomic mass is 9.98. The van der Waals surface area contributed by atoms with Crippen LogP contribution in [0.1, 0.15) is 25.7 Å². The first kappa shape index (κ1) is 17.1. The number of aromatic amines is 1. The van der Waals surface area contributed by atoms with Crippen molar-refractivity contribution < 1.29 is 0 Å². The highest BCUT2D eigenvalue weighted by molar-refractivity contribution is 5.56. The molecule has 1 unspecified atom stereocenters. The standard InChI is InChI=1S/C20H23N7O/c1-26(15-11-13-3-4-14(12-15)22-13)19-8-6-17(24-25-19)16-5-7-18(20(28)23-16)27-10-2-9-21-27/h2,5-10,13-15,22H,3-4,11-12H2,1H3,(H,23,28)/t13-,14+,15?. The van der Waals surface area contributed by atoms with Gasteiger partial charge < -0.3 is 15.2 Å². The lowest BCUT2D eigenvalue weighted by Gasteiger charge is -2.36. The molecule has 5 heterocycles. The van der Waals surface area contributed by atoms with Gasteiger partial charge in [-0.25, -0.2) is 4.68 Å². The highest BCUT2D eigenvalue weighted by Gasteiger charge is 2.35. The van der Waals surface area contributed by atoms with Crippen molar-refractivity contribution in [2.45, 2.75) is 43.8 Å². The summed E-state index contributed by atoms with van der Waals surface area (Å²) in [6, 6.07) is 11.0. The lowest BCUT2D eigenvalue weighted by Crippen LogP contribution is -2.47. The van der Waals surface area contributed by atoms with Gasteiger partial charge in [0.05, 0.1) is 5.69 Å². The summed E-state index contributed by atoms with van der Waals surface area (Å²) in [5.74, 6) is 0.866. The summed E-state index contributed by atoms with van der Waals surface area (Å²) in [6.45, 7) is 0. The largest absolute Gasteiger partial charge is 0.355 e. The SMILES string of the molecule is CN(c1ccc(-c2ccc(-n3cccn3)c(=O)[nH]2)nn1)C1C[C@H]2CC[C@@H](C1)N2. The van der Waals surface area contributed by atoms with Crippen LogP contribution in [0.25, 0.3) is 17.1 Å². The Morgan fingerprint density at radius 3 is 2.57 bits per heavy atom. The quantitative estimate of drug-likeness (QED) is 0.720. The van der Waals surface area contributed by atoms with Gasteiger partial charge in [0.25, 0.3) is 5.56 Å². The summed E-state index contributed by atoms with van der Waals surface area (Å²) in [7, 11) is 2.10. The molecule has 0 aromatic carbocycles. The van der Waals surface area contributed by atoms with E-state index in [0.29, 0.717) is 35.2 Å². The van der Waals surface area contributed by atoms with E-state index in [4.69, 9.17) is 0 Å². The first-order valence-electron chi connectivity index (χ1n) is 9.74. The van der Waals surface area contributed by atoms with Crippen LogP contribution in [0.5, 0.6) is 0 Å². The second-order valence-electron chi connectivity index (χ2n) is 7.69. The average Bonchev–Trinajstić information content (AvgIpc) is 3.37. The molecule has 0 amide bonds. The first-order chi connectivity index (χ1) is 13.7. The molecule has 2 N–H and O–H groups in total. The molecule has 2 aliphatic heterocycles. The van der Waals surface area contributed by atoms with Gasteiger partial charge in [0.2, 0.25) is 0 Å². The fourth-order valence-electron chi connectivity index (χ4n) is 4.39.